The van der Waals surface area contributed by atoms with E-state index in [4.69, 9.17) is 19.4 Å². The molecule has 0 saturated carbocycles. The molecule has 2 saturated heterocycles. The molecule has 40 heavy (non-hydrogen) atoms. The highest BCUT2D eigenvalue weighted by Gasteiger charge is 2.40. The van der Waals surface area contributed by atoms with E-state index in [2.05, 4.69) is 32.0 Å². The number of fused-ring (bicyclic) bond motifs is 2. The van der Waals surface area contributed by atoms with Crippen LogP contribution in [0, 0.1) is 23.2 Å². The number of nitrogens with zero attached hydrogens (tertiary/aromatic N) is 8. The number of likely N-dealkylation sites (tertiary alicyclic amines) is 1. The van der Waals surface area contributed by atoms with Crippen molar-refractivity contribution in [3.8, 4) is 29.0 Å². The molecule has 0 aliphatic carbocycles. The van der Waals surface area contributed by atoms with E-state index in [0.717, 1.165) is 38.5 Å². The number of hydrogen-bond donors (Lipinski definition) is 1. The van der Waals surface area contributed by atoms with Gasteiger partial charge in [-0.15, -0.1) is 0 Å². The average Bonchev–Trinajstić information content (AvgIpc) is 3.65. The minimum Gasteiger partial charge on any atom is -0.489 e. The number of hydrogen-bond acceptors (Lipinski definition) is 10. The fourth-order valence-corrected chi connectivity index (χ4v) is 5.63. The van der Waals surface area contributed by atoms with Crippen LogP contribution in [0.5, 0.6) is 11.6 Å². The third kappa shape index (κ3) is 5.28. The Hall–Kier alpha value is -4.27. The maximum atomic E-state index is 10.1. The van der Waals surface area contributed by atoms with E-state index in [1.807, 2.05) is 18.3 Å². The Bertz CT molecular complexity index is 1530. The van der Waals surface area contributed by atoms with Gasteiger partial charge in [0.2, 0.25) is 5.88 Å². The first-order valence-electron chi connectivity index (χ1n) is 13.3. The molecule has 0 unspecified atom stereocenters. The molecule has 11 heteroatoms. The first kappa shape index (κ1) is 26.0. The maximum absolute atomic E-state index is 10.1. The Morgan fingerprint density at radius 2 is 1.85 bits per heavy atom. The fourth-order valence-electron chi connectivity index (χ4n) is 5.63. The lowest BCUT2D eigenvalue weighted by atomic mass is 10.0. The lowest BCUT2D eigenvalue weighted by Gasteiger charge is -2.22. The van der Waals surface area contributed by atoms with Crippen molar-refractivity contribution in [2.75, 3.05) is 44.8 Å². The van der Waals surface area contributed by atoms with Gasteiger partial charge >= 0.3 is 0 Å². The van der Waals surface area contributed by atoms with Gasteiger partial charge < -0.3 is 19.5 Å². The van der Waals surface area contributed by atoms with Gasteiger partial charge in [-0.25, -0.2) is 14.5 Å². The molecule has 6 rings (SSSR count). The topological polar surface area (TPSA) is 125 Å². The molecule has 206 valence electrons. The number of aliphatic hydroxyl groups is 1. The van der Waals surface area contributed by atoms with E-state index in [9.17, 15) is 10.4 Å². The van der Waals surface area contributed by atoms with E-state index < -0.39 is 5.60 Å². The zero-order valence-electron chi connectivity index (χ0n) is 22.9. The van der Waals surface area contributed by atoms with Gasteiger partial charge in [0.15, 0.2) is 0 Å². The maximum Gasteiger partial charge on any atom is 0.212 e. The van der Waals surface area contributed by atoms with Crippen LogP contribution in [0.4, 0.5) is 5.82 Å². The van der Waals surface area contributed by atoms with Crippen molar-refractivity contribution in [3.63, 3.8) is 0 Å². The van der Waals surface area contributed by atoms with E-state index in [0.29, 0.717) is 45.8 Å². The number of pyridine rings is 2. The summed E-state index contributed by atoms with van der Waals surface area (Å²) in [6.45, 7) is 8.36. The van der Waals surface area contributed by atoms with Crippen LogP contribution in [0.1, 0.15) is 25.0 Å². The zero-order chi connectivity index (χ0) is 27.9. The quantitative estimate of drug-likeness (QED) is 0.357. The molecule has 0 amide bonds. The number of ether oxygens (including phenoxy) is 2. The zero-order valence-corrected chi connectivity index (χ0v) is 22.9. The van der Waals surface area contributed by atoms with Crippen molar-refractivity contribution >= 4 is 11.3 Å². The summed E-state index contributed by atoms with van der Waals surface area (Å²) in [5, 5.41) is 24.0. The fraction of sp³-hybridized carbons (Fsp3) is 0.414. The molecular weight excluding hydrogens is 508 g/mol. The summed E-state index contributed by atoms with van der Waals surface area (Å²) in [5.74, 6) is 3.18. The second-order valence-corrected chi connectivity index (χ2v) is 11.2. The van der Waals surface area contributed by atoms with E-state index in [1.165, 1.54) is 11.8 Å². The normalized spacial score (nSPS) is 19.1. The summed E-state index contributed by atoms with van der Waals surface area (Å²) in [6.07, 6.45) is 8.67. The van der Waals surface area contributed by atoms with E-state index in [-0.39, 0.29) is 6.61 Å². The van der Waals surface area contributed by atoms with Gasteiger partial charge in [-0.05, 0) is 37.3 Å². The van der Waals surface area contributed by atoms with Crippen LogP contribution in [-0.4, -0.2) is 80.1 Å². The van der Waals surface area contributed by atoms with Crippen LogP contribution in [-0.2, 0) is 6.54 Å². The lowest BCUT2D eigenvalue weighted by molar-refractivity contribution is 0.0283. The van der Waals surface area contributed by atoms with Crippen LogP contribution in [0.25, 0.3) is 16.8 Å². The lowest BCUT2D eigenvalue weighted by Crippen LogP contribution is -2.29. The minimum atomic E-state index is -0.990. The van der Waals surface area contributed by atoms with Gasteiger partial charge in [-0.2, -0.15) is 10.4 Å². The summed E-state index contributed by atoms with van der Waals surface area (Å²) < 4.78 is 12.6. The van der Waals surface area contributed by atoms with Crippen LogP contribution in [0.15, 0.2) is 49.2 Å². The number of nitriles is 1. The predicted molar refractivity (Wildman–Crippen MR) is 148 cm³/mol. The van der Waals surface area contributed by atoms with Crippen molar-refractivity contribution < 1.29 is 14.6 Å². The second kappa shape index (κ2) is 10.4. The second-order valence-electron chi connectivity index (χ2n) is 11.2. The number of aromatic nitrogens is 5. The smallest absolute Gasteiger partial charge is 0.212 e. The number of methoxy groups -OCH3 is 1. The summed E-state index contributed by atoms with van der Waals surface area (Å²) >= 11 is 0. The first-order chi connectivity index (χ1) is 19.3. The Balaban J connectivity index is 1.16. The minimum absolute atomic E-state index is 0.112. The highest BCUT2D eigenvalue weighted by molar-refractivity contribution is 5.83. The summed E-state index contributed by atoms with van der Waals surface area (Å²) in [7, 11) is 1.63. The molecule has 0 spiro atoms. The van der Waals surface area contributed by atoms with Crippen molar-refractivity contribution in [2.24, 2.45) is 11.8 Å². The first-order valence-corrected chi connectivity index (χ1v) is 13.3. The highest BCUT2D eigenvalue weighted by atomic mass is 16.5. The van der Waals surface area contributed by atoms with Crippen LogP contribution < -0.4 is 14.4 Å². The Morgan fingerprint density at radius 3 is 2.48 bits per heavy atom. The summed E-state index contributed by atoms with van der Waals surface area (Å²) in [4.78, 5) is 18.7. The third-order valence-corrected chi connectivity index (χ3v) is 7.51. The Morgan fingerprint density at radius 1 is 1.05 bits per heavy atom. The van der Waals surface area contributed by atoms with Crippen LogP contribution in [0.3, 0.4) is 0 Å². The van der Waals surface area contributed by atoms with Gasteiger partial charge in [-0.3, -0.25) is 9.88 Å². The Kier molecular flexibility index (Phi) is 6.73. The molecule has 2 fully saturated rings. The van der Waals surface area contributed by atoms with Crippen molar-refractivity contribution in [3.05, 3.63) is 60.3 Å². The molecule has 4 aromatic heterocycles. The molecule has 0 bridgehead atoms. The number of anilines is 1. The molecule has 11 nitrogen and oxygen atoms in total. The molecular formula is C29H32N8O3. The van der Waals surface area contributed by atoms with Gasteiger partial charge in [0.05, 0.1) is 54.3 Å². The van der Waals surface area contributed by atoms with Crippen molar-refractivity contribution in [2.45, 2.75) is 26.0 Å². The Labute approximate surface area is 232 Å². The van der Waals surface area contributed by atoms with Crippen molar-refractivity contribution in [1.29, 1.82) is 5.26 Å². The van der Waals surface area contributed by atoms with Crippen LogP contribution >= 0.6 is 0 Å². The average molecular weight is 541 g/mol. The molecule has 4 aromatic rings. The third-order valence-electron chi connectivity index (χ3n) is 7.51. The highest BCUT2D eigenvalue weighted by Crippen LogP contribution is 2.35. The monoisotopic (exact) mass is 540 g/mol. The standard InChI is InChI=1S/C29H32N8O3/c1-29(2,38)18-40-23-6-24(28-20(7-30)9-34-37(28)17-23)25-10-32-26(11-31-25)36-15-21-13-35(14-22(21)16-36)12-19-4-5-27(39-3)33-8-19/h4-6,8-11,17,21-22,38H,12-16,18H2,1-3H3/t21-,22+. The largest absolute Gasteiger partial charge is 0.489 e. The van der Waals surface area contributed by atoms with Crippen LogP contribution in [0.2, 0.25) is 0 Å². The van der Waals surface area contributed by atoms with Gasteiger partial charge in [0, 0.05) is 50.6 Å². The summed E-state index contributed by atoms with van der Waals surface area (Å²) in [5.41, 5.74) is 2.61. The van der Waals surface area contributed by atoms with E-state index in [1.54, 1.807) is 44.1 Å². The van der Waals surface area contributed by atoms with Gasteiger partial charge in [0.1, 0.15) is 24.2 Å². The molecule has 2 aliphatic rings. The molecule has 0 radical (unpaired) electrons. The molecule has 1 N–H and O–H groups in total. The summed E-state index contributed by atoms with van der Waals surface area (Å²) in [6, 6.07) is 8.02. The SMILES string of the molecule is COc1ccc(CN2C[C@@H]3CN(c4cnc(-c5cc(OCC(C)(C)O)cn6ncc(C#N)c56)cn4)C[C@@H]3C2)cn1. The molecule has 6 heterocycles. The predicted octanol–water partition coefficient (Wildman–Crippen LogP) is 2.78. The molecule has 0 aromatic carbocycles. The number of rotatable bonds is 8. The molecule has 2 atom stereocenters. The van der Waals surface area contributed by atoms with Gasteiger partial charge in [0.25, 0.3) is 0 Å². The van der Waals surface area contributed by atoms with E-state index >= 15 is 0 Å². The van der Waals surface area contributed by atoms with Gasteiger partial charge in [-0.1, -0.05) is 6.07 Å². The van der Waals surface area contributed by atoms with Crippen molar-refractivity contribution in [1.82, 2.24) is 29.5 Å². The molecule has 2 aliphatic heterocycles.